The lowest BCUT2D eigenvalue weighted by molar-refractivity contribution is -0.122. The molecule has 25 heavy (non-hydrogen) atoms. The maximum absolute atomic E-state index is 12.4. The first-order valence-electron chi connectivity index (χ1n) is 8.82. The zero-order valence-electron chi connectivity index (χ0n) is 15.4. The molecule has 1 N–H and O–H groups in total. The molecular weight excluding hydrogens is 341 g/mol. The van der Waals surface area contributed by atoms with E-state index in [4.69, 9.17) is 13.8 Å². The fourth-order valence-electron chi connectivity index (χ4n) is 2.25. The van der Waals surface area contributed by atoms with E-state index in [1.807, 2.05) is 37.3 Å². The second kappa shape index (κ2) is 12.2. The normalized spacial score (nSPS) is 12.8. The summed E-state index contributed by atoms with van der Waals surface area (Å²) in [6.07, 6.45) is 0.948. The van der Waals surface area contributed by atoms with Crippen LogP contribution >= 0.6 is 7.60 Å². The van der Waals surface area contributed by atoms with Gasteiger partial charge in [0.05, 0.1) is 38.6 Å². The summed E-state index contributed by atoms with van der Waals surface area (Å²) in [7, 11) is -3.18. The van der Waals surface area contributed by atoms with Gasteiger partial charge < -0.3 is 19.1 Å². The lowest BCUT2D eigenvalue weighted by Gasteiger charge is -2.19. The van der Waals surface area contributed by atoms with Gasteiger partial charge in [-0.2, -0.15) is 0 Å². The summed E-state index contributed by atoms with van der Waals surface area (Å²) in [4.78, 5) is 12.1. The van der Waals surface area contributed by atoms with Gasteiger partial charge in [0.1, 0.15) is 0 Å². The van der Waals surface area contributed by atoms with Gasteiger partial charge in [-0.3, -0.25) is 9.36 Å². The number of rotatable bonds is 13. The fraction of sp³-hybridized carbons (Fsp3) is 0.611. The zero-order valence-corrected chi connectivity index (χ0v) is 16.3. The second-order valence-electron chi connectivity index (χ2n) is 5.59. The lowest BCUT2D eigenvalue weighted by Crippen LogP contribution is -2.38. The standard InChI is InChI=1S/C18H30NO5P/c1-4-17(15-22-14-16-10-8-7-9-11-16)19-18(20)12-13-25(21,23-5-2)24-6-3/h7-11,17H,4-6,12-15H2,1-3H3,(H,19,20)/t17-/m1/s1. The van der Waals surface area contributed by atoms with Crippen LogP contribution in [0.25, 0.3) is 0 Å². The van der Waals surface area contributed by atoms with Gasteiger partial charge in [-0.25, -0.2) is 0 Å². The minimum Gasteiger partial charge on any atom is -0.375 e. The Morgan fingerprint density at radius 1 is 1.12 bits per heavy atom. The quantitative estimate of drug-likeness (QED) is 0.535. The van der Waals surface area contributed by atoms with Gasteiger partial charge in [0, 0.05) is 6.42 Å². The Hall–Kier alpha value is -1.20. The molecule has 0 unspecified atom stereocenters. The monoisotopic (exact) mass is 371 g/mol. The number of benzene rings is 1. The van der Waals surface area contributed by atoms with Crippen LogP contribution in [-0.2, 0) is 29.8 Å². The van der Waals surface area contributed by atoms with Crippen LogP contribution in [0.3, 0.4) is 0 Å². The van der Waals surface area contributed by atoms with Gasteiger partial charge in [-0.1, -0.05) is 37.3 Å². The Morgan fingerprint density at radius 2 is 1.76 bits per heavy atom. The van der Waals surface area contributed by atoms with Crippen LogP contribution in [-0.4, -0.2) is 37.9 Å². The van der Waals surface area contributed by atoms with Crippen LogP contribution in [0.1, 0.15) is 39.2 Å². The van der Waals surface area contributed by atoms with Gasteiger partial charge in [0.2, 0.25) is 5.91 Å². The lowest BCUT2D eigenvalue weighted by atomic mass is 10.2. The van der Waals surface area contributed by atoms with E-state index in [0.717, 1.165) is 12.0 Å². The number of nitrogens with one attached hydrogen (secondary N) is 1. The summed E-state index contributed by atoms with van der Waals surface area (Å²) in [6, 6.07) is 9.81. The Kier molecular flexibility index (Phi) is 10.7. The molecule has 0 aliphatic heterocycles. The molecule has 0 saturated heterocycles. The highest BCUT2D eigenvalue weighted by Crippen LogP contribution is 2.48. The van der Waals surface area contributed by atoms with Crippen molar-refractivity contribution in [3.8, 4) is 0 Å². The van der Waals surface area contributed by atoms with Crippen LogP contribution in [0, 0.1) is 0 Å². The number of amides is 1. The van der Waals surface area contributed by atoms with Crippen LogP contribution in [0.15, 0.2) is 30.3 Å². The van der Waals surface area contributed by atoms with Crippen molar-refractivity contribution in [1.29, 1.82) is 0 Å². The predicted molar refractivity (Wildman–Crippen MR) is 98.7 cm³/mol. The van der Waals surface area contributed by atoms with E-state index in [0.29, 0.717) is 26.4 Å². The Balaban J connectivity index is 2.35. The fourth-order valence-corrected chi connectivity index (χ4v) is 3.85. The first-order chi connectivity index (χ1) is 12.0. The highest BCUT2D eigenvalue weighted by Gasteiger charge is 2.25. The summed E-state index contributed by atoms with van der Waals surface area (Å²) in [5, 5.41) is 2.91. The van der Waals surface area contributed by atoms with Crippen molar-refractivity contribution in [2.24, 2.45) is 0 Å². The number of hydrogen-bond donors (Lipinski definition) is 1. The summed E-state index contributed by atoms with van der Waals surface area (Å²) < 4.78 is 28.4. The van der Waals surface area contributed by atoms with E-state index in [1.165, 1.54) is 0 Å². The highest BCUT2D eigenvalue weighted by atomic mass is 31.2. The summed E-state index contributed by atoms with van der Waals surface area (Å²) in [5.74, 6) is -0.171. The van der Waals surface area contributed by atoms with Gasteiger partial charge in [0.25, 0.3) is 0 Å². The zero-order chi connectivity index (χ0) is 18.5. The molecule has 0 radical (unpaired) electrons. The second-order valence-corrected chi connectivity index (χ2v) is 7.78. The van der Waals surface area contributed by atoms with Crippen molar-refractivity contribution in [1.82, 2.24) is 5.32 Å². The molecule has 142 valence electrons. The molecule has 0 bridgehead atoms. The minimum atomic E-state index is -3.18. The molecule has 1 rings (SSSR count). The van der Waals surface area contributed by atoms with Crippen LogP contribution < -0.4 is 5.32 Å². The molecular formula is C18H30NO5P. The first-order valence-corrected chi connectivity index (χ1v) is 10.5. The maximum Gasteiger partial charge on any atom is 0.331 e. The minimum absolute atomic E-state index is 0.0743. The molecule has 0 aliphatic rings. The van der Waals surface area contributed by atoms with Gasteiger partial charge in [-0.05, 0) is 25.8 Å². The Morgan fingerprint density at radius 3 is 2.32 bits per heavy atom. The molecule has 6 nitrogen and oxygen atoms in total. The molecule has 0 heterocycles. The molecule has 0 spiro atoms. The van der Waals surface area contributed by atoms with E-state index in [-0.39, 0.29) is 24.5 Å². The average Bonchev–Trinajstić information content (AvgIpc) is 2.60. The van der Waals surface area contributed by atoms with E-state index >= 15 is 0 Å². The van der Waals surface area contributed by atoms with Crippen LogP contribution in [0.2, 0.25) is 0 Å². The molecule has 1 atom stereocenters. The SMILES string of the molecule is CCOP(=O)(CCC(=O)N[C@H](CC)COCc1ccccc1)OCC. The molecule has 1 aromatic carbocycles. The largest absolute Gasteiger partial charge is 0.375 e. The number of hydrogen-bond acceptors (Lipinski definition) is 5. The van der Waals surface area contributed by atoms with Crippen molar-refractivity contribution in [2.45, 2.75) is 46.3 Å². The third kappa shape index (κ3) is 9.17. The van der Waals surface area contributed by atoms with Crippen molar-refractivity contribution in [3.63, 3.8) is 0 Å². The van der Waals surface area contributed by atoms with Crippen molar-refractivity contribution in [3.05, 3.63) is 35.9 Å². The average molecular weight is 371 g/mol. The maximum atomic E-state index is 12.4. The van der Waals surface area contributed by atoms with Gasteiger partial charge >= 0.3 is 7.60 Å². The van der Waals surface area contributed by atoms with Gasteiger partial charge in [-0.15, -0.1) is 0 Å². The summed E-state index contributed by atoms with van der Waals surface area (Å²) >= 11 is 0. The van der Waals surface area contributed by atoms with Crippen molar-refractivity contribution < 1.29 is 23.1 Å². The van der Waals surface area contributed by atoms with Crippen LogP contribution in [0.4, 0.5) is 0 Å². The molecule has 0 fully saturated rings. The molecule has 1 amide bonds. The molecule has 0 aliphatic carbocycles. The Labute approximate surface area is 150 Å². The van der Waals surface area contributed by atoms with E-state index in [2.05, 4.69) is 5.32 Å². The predicted octanol–water partition coefficient (Wildman–Crippen LogP) is 3.75. The van der Waals surface area contributed by atoms with Gasteiger partial charge in [0.15, 0.2) is 0 Å². The molecule has 0 aromatic heterocycles. The smallest absolute Gasteiger partial charge is 0.331 e. The first kappa shape index (κ1) is 21.8. The third-order valence-corrected chi connectivity index (χ3v) is 5.63. The van der Waals surface area contributed by atoms with E-state index < -0.39 is 7.60 Å². The van der Waals surface area contributed by atoms with E-state index in [1.54, 1.807) is 13.8 Å². The molecule has 1 aromatic rings. The van der Waals surface area contributed by atoms with E-state index in [9.17, 15) is 9.36 Å². The summed E-state index contributed by atoms with van der Waals surface area (Å²) in [5.41, 5.74) is 1.10. The number of carbonyl (C=O) groups is 1. The highest BCUT2D eigenvalue weighted by molar-refractivity contribution is 7.53. The number of ether oxygens (including phenoxy) is 1. The Bertz CT molecular complexity index is 528. The topological polar surface area (TPSA) is 73.9 Å². The van der Waals surface area contributed by atoms with Crippen molar-refractivity contribution in [2.75, 3.05) is 26.0 Å². The summed E-state index contributed by atoms with van der Waals surface area (Å²) in [6.45, 7) is 7.03. The number of carbonyl (C=O) groups excluding carboxylic acids is 1. The molecule has 7 heteroatoms. The van der Waals surface area contributed by atoms with Crippen LogP contribution in [0.5, 0.6) is 0 Å². The molecule has 0 saturated carbocycles. The van der Waals surface area contributed by atoms with Crippen molar-refractivity contribution >= 4 is 13.5 Å². The third-order valence-electron chi connectivity index (χ3n) is 3.55.